The second-order valence-corrected chi connectivity index (χ2v) is 4.49. The Labute approximate surface area is 101 Å². The third-order valence-corrected chi connectivity index (χ3v) is 2.92. The molecule has 0 amide bonds. The van der Waals surface area contributed by atoms with Crippen LogP contribution >= 0.6 is 0 Å². The summed E-state index contributed by atoms with van der Waals surface area (Å²) in [5.74, 6) is 1.24. The zero-order valence-corrected chi connectivity index (χ0v) is 10.5. The first-order valence-corrected chi connectivity index (χ1v) is 5.95. The molecule has 0 bridgehead atoms. The van der Waals surface area contributed by atoms with Crippen molar-refractivity contribution in [3.05, 3.63) is 30.5 Å². The maximum atomic E-state index is 6.16. The largest absolute Gasteiger partial charge is 0.322 e. The lowest BCUT2D eigenvalue weighted by Crippen LogP contribution is -2.20. The van der Waals surface area contributed by atoms with E-state index in [0.29, 0.717) is 5.92 Å². The molecule has 1 unspecified atom stereocenters. The van der Waals surface area contributed by atoms with Crippen LogP contribution in [0.5, 0.6) is 0 Å². The zero-order valence-electron chi connectivity index (χ0n) is 10.5. The minimum Gasteiger partial charge on any atom is -0.322 e. The highest BCUT2D eigenvalue weighted by atomic mass is 15.3. The van der Waals surface area contributed by atoms with Crippen molar-refractivity contribution in [1.29, 1.82) is 0 Å². The molecule has 0 aliphatic rings. The molecule has 0 aliphatic carbocycles. The van der Waals surface area contributed by atoms with Gasteiger partial charge in [-0.2, -0.15) is 5.10 Å². The smallest absolute Gasteiger partial charge is 0.160 e. The normalized spacial score (nSPS) is 13.2. The van der Waals surface area contributed by atoms with Crippen molar-refractivity contribution < 1.29 is 0 Å². The van der Waals surface area contributed by atoms with Gasteiger partial charge in [-0.1, -0.05) is 13.8 Å². The van der Waals surface area contributed by atoms with E-state index in [4.69, 9.17) is 5.73 Å². The van der Waals surface area contributed by atoms with Crippen LogP contribution in [0.15, 0.2) is 24.8 Å². The summed E-state index contributed by atoms with van der Waals surface area (Å²) in [6.07, 6.45) is 5.54. The van der Waals surface area contributed by atoms with Gasteiger partial charge in [-0.05, 0) is 12.8 Å². The predicted octanol–water partition coefficient (Wildman–Crippen LogP) is 1.74. The molecule has 0 radical (unpaired) electrons. The summed E-state index contributed by atoms with van der Waals surface area (Å²) in [6, 6.07) is 1.95. The molecule has 2 heterocycles. The lowest BCUT2D eigenvalue weighted by atomic mass is 10.0. The van der Waals surface area contributed by atoms with Crippen molar-refractivity contribution in [3.63, 3.8) is 0 Å². The molecular weight excluding hydrogens is 214 g/mol. The van der Waals surface area contributed by atoms with Crippen molar-refractivity contribution in [2.24, 2.45) is 11.7 Å². The van der Waals surface area contributed by atoms with Crippen LogP contribution in [0.2, 0.25) is 0 Å². The maximum absolute atomic E-state index is 6.16. The Bertz CT molecular complexity index is 483. The van der Waals surface area contributed by atoms with Gasteiger partial charge in [0.25, 0.3) is 0 Å². The van der Waals surface area contributed by atoms with Crippen LogP contribution < -0.4 is 5.73 Å². The summed E-state index contributed by atoms with van der Waals surface area (Å²) in [6.45, 7) is 7.13. The number of nitrogens with two attached hydrogens (primary N) is 1. The highest BCUT2D eigenvalue weighted by Crippen LogP contribution is 2.20. The lowest BCUT2D eigenvalue weighted by Gasteiger charge is -2.16. The van der Waals surface area contributed by atoms with Crippen LogP contribution in [-0.2, 0) is 6.54 Å². The summed E-state index contributed by atoms with van der Waals surface area (Å²) in [5.41, 5.74) is 7.17. The van der Waals surface area contributed by atoms with E-state index in [1.165, 1.54) is 0 Å². The van der Waals surface area contributed by atoms with E-state index >= 15 is 0 Å². The highest BCUT2D eigenvalue weighted by Gasteiger charge is 2.16. The highest BCUT2D eigenvalue weighted by molar-refractivity contribution is 5.25. The molecule has 0 spiro atoms. The molecular formula is C12H19N5. The van der Waals surface area contributed by atoms with Crippen molar-refractivity contribution in [2.45, 2.75) is 33.4 Å². The van der Waals surface area contributed by atoms with E-state index in [0.717, 1.165) is 18.1 Å². The molecule has 0 saturated heterocycles. The second-order valence-electron chi connectivity index (χ2n) is 4.49. The molecule has 92 valence electrons. The van der Waals surface area contributed by atoms with Crippen molar-refractivity contribution in [1.82, 2.24) is 19.3 Å². The van der Waals surface area contributed by atoms with Gasteiger partial charge >= 0.3 is 0 Å². The Morgan fingerprint density at radius 3 is 2.76 bits per heavy atom. The second kappa shape index (κ2) is 4.71. The summed E-state index contributed by atoms with van der Waals surface area (Å²) in [7, 11) is 0. The summed E-state index contributed by atoms with van der Waals surface area (Å²) in [5, 5.41) is 4.46. The summed E-state index contributed by atoms with van der Waals surface area (Å²) < 4.78 is 3.84. The number of imidazole rings is 1. The van der Waals surface area contributed by atoms with E-state index in [1.54, 1.807) is 6.33 Å². The predicted molar refractivity (Wildman–Crippen MR) is 66.8 cm³/mol. The van der Waals surface area contributed by atoms with Crippen molar-refractivity contribution in [2.75, 3.05) is 0 Å². The van der Waals surface area contributed by atoms with Gasteiger partial charge in [-0.25, -0.2) is 4.98 Å². The average molecular weight is 233 g/mol. The maximum Gasteiger partial charge on any atom is 0.160 e. The molecule has 2 aromatic heterocycles. The molecule has 0 aliphatic heterocycles. The van der Waals surface area contributed by atoms with Gasteiger partial charge in [-0.15, -0.1) is 0 Å². The van der Waals surface area contributed by atoms with Crippen LogP contribution in [0.1, 0.15) is 32.5 Å². The number of rotatable bonds is 4. The molecule has 0 fully saturated rings. The van der Waals surface area contributed by atoms with E-state index in [2.05, 4.69) is 30.9 Å². The lowest BCUT2D eigenvalue weighted by molar-refractivity contribution is 0.495. The van der Waals surface area contributed by atoms with Gasteiger partial charge in [0.1, 0.15) is 6.33 Å². The fraction of sp³-hybridized carbons (Fsp3) is 0.500. The Kier molecular flexibility index (Phi) is 3.28. The van der Waals surface area contributed by atoms with Crippen LogP contribution in [0.3, 0.4) is 0 Å². The van der Waals surface area contributed by atoms with Crippen molar-refractivity contribution >= 4 is 0 Å². The van der Waals surface area contributed by atoms with Gasteiger partial charge < -0.3 is 5.73 Å². The molecule has 5 nitrogen and oxygen atoms in total. The van der Waals surface area contributed by atoms with Gasteiger partial charge in [0.05, 0.1) is 11.9 Å². The van der Waals surface area contributed by atoms with Crippen LogP contribution in [-0.4, -0.2) is 19.3 Å². The molecule has 2 N–H and O–H groups in total. The number of aromatic nitrogens is 4. The first-order valence-electron chi connectivity index (χ1n) is 5.95. The Morgan fingerprint density at radius 2 is 2.18 bits per heavy atom. The quantitative estimate of drug-likeness (QED) is 0.875. The minimum absolute atomic E-state index is 0.0238. The van der Waals surface area contributed by atoms with Crippen LogP contribution in [0.25, 0.3) is 5.82 Å². The average Bonchev–Trinajstić information content (AvgIpc) is 2.95. The van der Waals surface area contributed by atoms with E-state index in [1.807, 2.05) is 27.7 Å². The summed E-state index contributed by atoms with van der Waals surface area (Å²) >= 11 is 0. The number of nitrogens with zero attached hydrogens (tertiary/aromatic N) is 4. The van der Waals surface area contributed by atoms with Crippen LogP contribution in [0, 0.1) is 5.92 Å². The number of hydrogen-bond acceptors (Lipinski definition) is 3. The SMILES string of the molecule is CCn1ccc(-n2cncc2C(N)C(C)C)n1. The Hall–Kier alpha value is -1.62. The molecule has 2 aromatic rings. The topological polar surface area (TPSA) is 61.7 Å². The number of hydrogen-bond donors (Lipinski definition) is 1. The molecule has 17 heavy (non-hydrogen) atoms. The first-order chi connectivity index (χ1) is 8.13. The fourth-order valence-electron chi connectivity index (χ4n) is 1.74. The molecule has 0 aromatic carbocycles. The van der Waals surface area contributed by atoms with E-state index < -0.39 is 0 Å². The monoisotopic (exact) mass is 233 g/mol. The van der Waals surface area contributed by atoms with Crippen LogP contribution in [0.4, 0.5) is 0 Å². The van der Waals surface area contributed by atoms with Gasteiger partial charge in [-0.3, -0.25) is 9.25 Å². The summed E-state index contributed by atoms with van der Waals surface area (Å²) in [4.78, 5) is 4.17. The fourth-order valence-corrected chi connectivity index (χ4v) is 1.74. The third kappa shape index (κ3) is 2.24. The van der Waals surface area contributed by atoms with E-state index in [-0.39, 0.29) is 6.04 Å². The molecule has 0 saturated carbocycles. The first kappa shape index (κ1) is 11.9. The van der Waals surface area contributed by atoms with Gasteiger partial charge in [0.15, 0.2) is 5.82 Å². The molecule has 5 heteroatoms. The van der Waals surface area contributed by atoms with Gasteiger partial charge in [0.2, 0.25) is 0 Å². The van der Waals surface area contributed by atoms with E-state index in [9.17, 15) is 0 Å². The Morgan fingerprint density at radius 1 is 1.41 bits per heavy atom. The van der Waals surface area contributed by atoms with Crippen molar-refractivity contribution in [3.8, 4) is 5.82 Å². The minimum atomic E-state index is -0.0238. The molecule has 2 rings (SSSR count). The molecule has 1 atom stereocenters. The zero-order chi connectivity index (χ0) is 12.4. The standard InChI is InChI=1S/C12H19N5/c1-4-16-6-5-11(15-16)17-8-14-7-10(17)12(13)9(2)3/h5-9,12H,4,13H2,1-3H3. The number of aryl methyl sites for hydroxylation is 1. The van der Waals surface area contributed by atoms with Gasteiger partial charge in [0, 0.05) is 24.8 Å². The Balaban J connectivity index is 2.36. The third-order valence-electron chi connectivity index (χ3n) is 2.92.